The second-order valence-electron chi connectivity index (χ2n) is 8.71. The number of carbonyl (C=O) groups is 1. The lowest BCUT2D eigenvalue weighted by molar-refractivity contribution is -0.00511. The number of amides is 1. The number of aromatic nitrogens is 2. The molecule has 7 nitrogen and oxygen atoms in total. The molecule has 3 heterocycles. The lowest BCUT2D eigenvalue weighted by atomic mass is 9.64. The monoisotopic (exact) mass is 390 g/mol. The first-order valence-corrected chi connectivity index (χ1v) is 10.8. The van der Waals surface area contributed by atoms with Crippen molar-refractivity contribution in [3.05, 3.63) is 18.0 Å². The molecule has 28 heavy (non-hydrogen) atoms. The number of hydrogen-bond donors (Lipinski definition) is 0. The predicted octanol–water partition coefficient (Wildman–Crippen LogP) is 2.72. The summed E-state index contributed by atoms with van der Waals surface area (Å²) in [6, 6.07) is 2.87. The number of methoxy groups -OCH3 is 1. The van der Waals surface area contributed by atoms with E-state index >= 15 is 0 Å². The van der Waals surface area contributed by atoms with E-state index in [1.54, 1.807) is 7.11 Å². The van der Waals surface area contributed by atoms with Crippen LogP contribution < -0.4 is 0 Å². The quantitative estimate of drug-likeness (QED) is 0.747. The van der Waals surface area contributed by atoms with E-state index in [1.807, 2.05) is 18.0 Å². The highest BCUT2D eigenvalue weighted by molar-refractivity contribution is 5.68. The molecule has 0 radical (unpaired) electrons. The third-order valence-electron chi connectivity index (χ3n) is 7.02. The molecule has 3 fully saturated rings. The van der Waals surface area contributed by atoms with E-state index in [-0.39, 0.29) is 6.09 Å². The molecule has 2 saturated heterocycles. The number of ether oxygens (including phenoxy) is 2. The Morgan fingerprint density at radius 3 is 2.79 bits per heavy atom. The van der Waals surface area contributed by atoms with Crippen molar-refractivity contribution in [1.82, 2.24) is 19.6 Å². The van der Waals surface area contributed by atoms with Gasteiger partial charge in [-0.1, -0.05) is 0 Å². The Hall–Kier alpha value is -1.60. The van der Waals surface area contributed by atoms with Crippen LogP contribution in [-0.4, -0.2) is 78.2 Å². The van der Waals surface area contributed by atoms with E-state index in [4.69, 9.17) is 9.47 Å². The highest BCUT2D eigenvalue weighted by Crippen LogP contribution is 2.51. The van der Waals surface area contributed by atoms with Crippen LogP contribution in [0.3, 0.4) is 0 Å². The first-order valence-electron chi connectivity index (χ1n) is 10.8. The molecule has 1 aliphatic carbocycles. The minimum atomic E-state index is -0.131. The number of likely N-dealkylation sites (tertiary alicyclic amines) is 2. The second-order valence-corrected chi connectivity index (χ2v) is 8.71. The van der Waals surface area contributed by atoms with Gasteiger partial charge in [0.1, 0.15) is 0 Å². The fourth-order valence-corrected chi connectivity index (χ4v) is 5.45. The molecule has 1 saturated carbocycles. The molecule has 7 heteroatoms. The van der Waals surface area contributed by atoms with Gasteiger partial charge in [0.25, 0.3) is 0 Å². The van der Waals surface area contributed by atoms with Crippen molar-refractivity contribution in [2.24, 2.45) is 5.41 Å². The summed E-state index contributed by atoms with van der Waals surface area (Å²) in [6.45, 7) is 7.96. The third kappa shape index (κ3) is 3.92. The van der Waals surface area contributed by atoms with E-state index in [2.05, 4.69) is 20.7 Å². The third-order valence-corrected chi connectivity index (χ3v) is 7.02. The molecule has 3 aliphatic rings. The van der Waals surface area contributed by atoms with Crippen molar-refractivity contribution in [1.29, 1.82) is 0 Å². The van der Waals surface area contributed by atoms with Crippen LogP contribution in [0.25, 0.3) is 0 Å². The van der Waals surface area contributed by atoms with Gasteiger partial charge < -0.3 is 19.3 Å². The largest absolute Gasteiger partial charge is 0.450 e. The minimum absolute atomic E-state index is 0.131. The van der Waals surface area contributed by atoms with Crippen molar-refractivity contribution >= 4 is 6.09 Å². The van der Waals surface area contributed by atoms with Crippen LogP contribution in [0.4, 0.5) is 4.79 Å². The van der Waals surface area contributed by atoms with Crippen LogP contribution in [-0.2, 0) is 16.0 Å². The van der Waals surface area contributed by atoms with Crippen LogP contribution in [0.1, 0.15) is 50.6 Å². The summed E-state index contributed by atoms with van der Waals surface area (Å²) in [5, 5.41) is 4.47. The Balaban J connectivity index is 1.24. The van der Waals surface area contributed by atoms with Crippen LogP contribution in [0, 0.1) is 5.41 Å². The maximum atomic E-state index is 12.0. The highest BCUT2D eigenvalue weighted by atomic mass is 16.6. The topological polar surface area (TPSA) is 59.8 Å². The SMILES string of the molecule is CCOC(=O)N1CCC2(CC(N3CCC(c4ccnn4CCOC)CC3)C2)C1. The zero-order chi connectivity index (χ0) is 19.6. The lowest BCUT2D eigenvalue weighted by Crippen LogP contribution is -2.54. The van der Waals surface area contributed by atoms with Crippen molar-refractivity contribution in [2.75, 3.05) is 46.5 Å². The Morgan fingerprint density at radius 1 is 1.29 bits per heavy atom. The Labute approximate surface area is 167 Å². The number of hydrogen-bond acceptors (Lipinski definition) is 5. The highest BCUT2D eigenvalue weighted by Gasteiger charge is 2.51. The predicted molar refractivity (Wildman–Crippen MR) is 106 cm³/mol. The Kier molecular flexibility index (Phi) is 5.92. The maximum absolute atomic E-state index is 12.0. The smallest absolute Gasteiger partial charge is 0.409 e. The molecule has 0 atom stereocenters. The average Bonchev–Trinajstić information content (AvgIpc) is 3.33. The lowest BCUT2D eigenvalue weighted by Gasteiger charge is -2.51. The number of carbonyl (C=O) groups excluding carboxylic acids is 1. The summed E-state index contributed by atoms with van der Waals surface area (Å²) in [5.41, 5.74) is 1.72. The summed E-state index contributed by atoms with van der Waals surface area (Å²) in [6.07, 6.45) is 7.81. The molecular weight excluding hydrogens is 356 g/mol. The van der Waals surface area contributed by atoms with Gasteiger partial charge in [0.05, 0.1) is 19.8 Å². The number of piperidine rings is 1. The standard InChI is InChI=1S/C21H34N4O3/c1-3-28-20(26)24-11-7-21(16-24)14-18(15-21)23-9-5-17(6-10-23)19-4-8-22-25(19)12-13-27-2/h4,8,17-18H,3,5-7,9-16H2,1-2H3. The molecule has 1 aromatic rings. The molecule has 1 amide bonds. The van der Waals surface area contributed by atoms with Gasteiger partial charge in [0.15, 0.2) is 0 Å². The first kappa shape index (κ1) is 19.7. The minimum Gasteiger partial charge on any atom is -0.450 e. The fourth-order valence-electron chi connectivity index (χ4n) is 5.45. The van der Waals surface area contributed by atoms with E-state index in [0.717, 1.165) is 26.1 Å². The van der Waals surface area contributed by atoms with Crippen LogP contribution in [0.15, 0.2) is 12.3 Å². The van der Waals surface area contributed by atoms with Crippen molar-refractivity contribution in [2.45, 2.75) is 57.5 Å². The van der Waals surface area contributed by atoms with E-state index in [9.17, 15) is 4.79 Å². The molecule has 0 unspecified atom stereocenters. The van der Waals surface area contributed by atoms with Crippen LogP contribution in [0.5, 0.6) is 0 Å². The normalized spacial score (nSPS) is 28.6. The van der Waals surface area contributed by atoms with Gasteiger partial charge in [-0.2, -0.15) is 5.10 Å². The molecule has 0 N–H and O–H groups in total. The van der Waals surface area contributed by atoms with Gasteiger partial charge in [-0.05, 0) is 63.6 Å². The van der Waals surface area contributed by atoms with Gasteiger partial charge in [0, 0.05) is 44.0 Å². The van der Waals surface area contributed by atoms with Gasteiger partial charge in [-0.15, -0.1) is 0 Å². The molecule has 1 spiro atoms. The summed E-state index contributed by atoms with van der Waals surface area (Å²) in [5.74, 6) is 0.607. The molecular formula is C21H34N4O3. The Bertz CT molecular complexity index is 662. The van der Waals surface area contributed by atoms with E-state index in [0.29, 0.717) is 30.6 Å². The molecule has 156 valence electrons. The van der Waals surface area contributed by atoms with Crippen molar-refractivity contribution in [3.63, 3.8) is 0 Å². The number of nitrogens with zero attached hydrogens (tertiary/aromatic N) is 4. The second kappa shape index (κ2) is 8.41. The summed E-state index contributed by atoms with van der Waals surface area (Å²) in [4.78, 5) is 16.6. The average molecular weight is 391 g/mol. The molecule has 1 aromatic heterocycles. The Morgan fingerprint density at radius 2 is 2.07 bits per heavy atom. The molecule has 0 bridgehead atoms. The fraction of sp³-hybridized carbons (Fsp3) is 0.810. The molecule has 2 aliphatic heterocycles. The van der Waals surface area contributed by atoms with E-state index in [1.165, 1.54) is 44.5 Å². The van der Waals surface area contributed by atoms with Gasteiger partial charge in [-0.3, -0.25) is 4.68 Å². The summed E-state index contributed by atoms with van der Waals surface area (Å²) < 4.78 is 12.5. The van der Waals surface area contributed by atoms with Gasteiger partial charge in [-0.25, -0.2) is 4.79 Å². The number of rotatable bonds is 6. The zero-order valence-electron chi connectivity index (χ0n) is 17.3. The first-order chi connectivity index (χ1) is 13.6. The summed E-state index contributed by atoms with van der Waals surface area (Å²) >= 11 is 0. The van der Waals surface area contributed by atoms with Crippen molar-refractivity contribution in [3.8, 4) is 0 Å². The summed E-state index contributed by atoms with van der Waals surface area (Å²) in [7, 11) is 1.74. The van der Waals surface area contributed by atoms with Crippen molar-refractivity contribution < 1.29 is 14.3 Å². The van der Waals surface area contributed by atoms with Crippen LogP contribution >= 0.6 is 0 Å². The zero-order valence-corrected chi connectivity index (χ0v) is 17.3. The van der Waals surface area contributed by atoms with Crippen LogP contribution in [0.2, 0.25) is 0 Å². The van der Waals surface area contributed by atoms with Gasteiger partial charge in [0.2, 0.25) is 0 Å². The van der Waals surface area contributed by atoms with Gasteiger partial charge >= 0.3 is 6.09 Å². The molecule has 0 aromatic carbocycles. The maximum Gasteiger partial charge on any atom is 0.409 e. The van der Waals surface area contributed by atoms with E-state index < -0.39 is 0 Å². The molecule has 4 rings (SSSR count).